The van der Waals surface area contributed by atoms with Gasteiger partial charge in [0.05, 0.1) is 42.4 Å². The van der Waals surface area contributed by atoms with E-state index in [0.29, 0.717) is 31.8 Å². The lowest BCUT2D eigenvalue weighted by Gasteiger charge is -2.26. The van der Waals surface area contributed by atoms with E-state index in [1.165, 1.54) is 5.01 Å². The van der Waals surface area contributed by atoms with Crippen molar-refractivity contribution in [1.29, 1.82) is 0 Å². The minimum absolute atomic E-state index is 0.267. The van der Waals surface area contributed by atoms with Crippen molar-refractivity contribution in [3.63, 3.8) is 0 Å². The fraction of sp³-hybridized carbons (Fsp3) is 0.281. The molecule has 0 unspecified atom stereocenters. The Hall–Kier alpha value is -4.23. The molecule has 0 radical (unpaired) electrons. The molecule has 2 aromatic heterocycles. The Balaban J connectivity index is 0.000000596. The Morgan fingerprint density at radius 2 is 1.42 bits per heavy atom. The van der Waals surface area contributed by atoms with Gasteiger partial charge in [0.2, 0.25) is 0 Å². The molecular formula is C32H45N7O4. The molecule has 232 valence electrons. The van der Waals surface area contributed by atoms with Gasteiger partial charge in [-0.3, -0.25) is 19.9 Å². The first kappa shape index (κ1) is 36.8. The van der Waals surface area contributed by atoms with Crippen LogP contribution in [0.25, 0.3) is 0 Å². The first-order valence-electron chi connectivity index (χ1n) is 13.6. The molecule has 1 aromatic carbocycles. The Kier molecular flexibility index (Phi) is 18.4. The third-order valence-electron chi connectivity index (χ3n) is 6.09. The highest BCUT2D eigenvalue weighted by Crippen LogP contribution is 2.14. The van der Waals surface area contributed by atoms with Crippen molar-refractivity contribution in [3.8, 4) is 0 Å². The highest BCUT2D eigenvalue weighted by atomic mass is 16.3. The molecule has 11 heteroatoms. The zero-order valence-corrected chi connectivity index (χ0v) is 24.8. The van der Waals surface area contributed by atoms with E-state index in [1.807, 2.05) is 60.7 Å². The summed E-state index contributed by atoms with van der Waals surface area (Å²) in [7, 11) is 1.57. The molecule has 0 aliphatic heterocycles. The van der Waals surface area contributed by atoms with E-state index in [2.05, 4.69) is 33.3 Å². The van der Waals surface area contributed by atoms with E-state index in [9.17, 15) is 4.79 Å². The zero-order valence-electron chi connectivity index (χ0n) is 24.8. The Morgan fingerprint density at radius 1 is 0.907 bits per heavy atom. The summed E-state index contributed by atoms with van der Waals surface area (Å²) in [6, 6.07) is 19.2. The number of carbonyl (C=O) groups excluding carboxylic acids is 1. The number of rotatable bonds is 15. The molecule has 0 aliphatic carbocycles. The number of nitrogens with zero attached hydrogens (tertiary/aromatic N) is 4. The molecule has 11 nitrogen and oxygen atoms in total. The lowest BCUT2D eigenvalue weighted by atomic mass is 10.1. The minimum Gasteiger partial charge on any atom is -0.400 e. The molecule has 0 saturated heterocycles. The molecule has 0 saturated carbocycles. The van der Waals surface area contributed by atoms with E-state index in [1.54, 1.807) is 37.8 Å². The van der Waals surface area contributed by atoms with Crippen LogP contribution in [0.2, 0.25) is 0 Å². The second-order valence-corrected chi connectivity index (χ2v) is 9.41. The minimum atomic E-state index is -0.917. The predicted molar refractivity (Wildman–Crippen MR) is 171 cm³/mol. The summed E-state index contributed by atoms with van der Waals surface area (Å²) in [5.41, 5.74) is 9.64. The van der Waals surface area contributed by atoms with Crippen LogP contribution in [0.3, 0.4) is 0 Å². The number of aliphatic hydroxyl groups is 3. The van der Waals surface area contributed by atoms with Gasteiger partial charge in [-0.1, -0.05) is 49.6 Å². The molecule has 0 fully saturated rings. The summed E-state index contributed by atoms with van der Waals surface area (Å²) in [4.78, 5) is 21.6. The van der Waals surface area contributed by atoms with E-state index in [-0.39, 0.29) is 19.8 Å². The quantitative estimate of drug-likeness (QED) is 0.0657. The van der Waals surface area contributed by atoms with Gasteiger partial charge in [-0.2, -0.15) is 0 Å². The number of aliphatic hydroxyl groups excluding tert-OH is 3. The van der Waals surface area contributed by atoms with Gasteiger partial charge in [0.15, 0.2) is 0 Å². The smallest absolute Gasteiger partial charge is 0.124 e. The van der Waals surface area contributed by atoms with Crippen LogP contribution in [0.15, 0.2) is 110 Å². The van der Waals surface area contributed by atoms with Gasteiger partial charge in [0.1, 0.15) is 6.29 Å². The van der Waals surface area contributed by atoms with Gasteiger partial charge >= 0.3 is 0 Å². The van der Waals surface area contributed by atoms with Gasteiger partial charge in [-0.05, 0) is 49.0 Å². The number of likely N-dealkylation sites (N-methyl/N-ethyl adjacent to an activating group) is 1. The van der Waals surface area contributed by atoms with E-state index >= 15 is 0 Å². The number of pyridine rings is 2. The number of hydrogen-bond acceptors (Lipinski definition) is 11. The molecule has 8 N–H and O–H groups in total. The number of anilines is 1. The molecule has 0 spiro atoms. The third kappa shape index (κ3) is 14.5. The predicted octanol–water partition coefficient (Wildman–Crippen LogP) is 1.68. The van der Waals surface area contributed by atoms with Crippen LogP contribution in [-0.2, 0) is 24.3 Å². The van der Waals surface area contributed by atoms with E-state index < -0.39 is 5.54 Å². The summed E-state index contributed by atoms with van der Waals surface area (Å²) in [5.74, 6) is 6.17. The molecule has 2 heterocycles. The van der Waals surface area contributed by atoms with E-state index in [4.69, 9.17) is 26.9 Å². The van der Waals surface area contributed by atoms with Crippen molar-refractivity contribution in [3.05, 3.63) is 127 Å². The fourth-order valence-corrected chi connectivity index (χ4v) is 3.45. The van der Waals surface area contributed by atoms with Crippen LogP contribution < -0.4 is 21.9 Å². The zero-order chi connectivity index (χ0) is 31.9. The number of aldehydes is 1. The standard InChI is InChI=1S/C23H26N6O.C5H13NO3.C4H6/c24-20(16-29(25)23-9-7-19(8-10-23)11-14-30)15-28(17-21-5-1-3-12-26-21)18-22-6-2-4-13-27-22;1-6-5(2-7,3-8)4-9;1-3-4-2/h1-10,12-14,16H,11,15,17-18,24-25H2;6-9H,2-4H2,1H3;3-4H,1-2H2/b20-16-;;. The van der Waals surface area contributed by atoms with Crippen molar-refractivity contribution >= 4 is 12.0 Å². The van der Waals surface area contributed by atoms with Crippen LogP contribution in [0.4, 0.5) is 5.69 Å². The average molecular weight is 592 g/mol. The number of hydrazine groups is 1. The van der Waals surface area contributed by atoms with Crippen LogP contribution in [0.5, 0.6) is 0 Å². The number of hydrogen-bond donors (Lipinski definition) is 6. The maximum absolute atomic E-state index is 10.6. The highest BCUT2D eigenvalue weighted by Gasteiger charge is 2.24. The van der Waals surface area contributed by atoms with Crippen molar-refractivity contribution in [2.45, 2.75) is 25.0 Å². The molecule has 0 aliphatic rings. The van der Waals surface area contributed by atoms with Gasteiger partial charge in [-0.25, -0.2) is 5.84 Å². The maximum atomic E-state index is 10.6. The third-order valence-corrected chi connectivity index (χ3v) is 6.09. The number of aromatic nitrogens is 2. The molecule has 3 rings (SSSR count). The highest BCUT2D eigenvalue weighted by molar-refractivity contribution is 5.57. The number of allylic oxidation sites excluding steroid dienone is 2. The topological polar surface area (TPSA) is 174 Å². The molecule has 0 amide bonds. The van der Waals surface area contributed by atoms with Crippen molar-refractivity contribution in [2.24, 2.45) is 11.6 Å². The maximum Gasteiger partial charge on any atom is 0.124 e. The normalized spacial score (nSPS) is 11.0. The number of benzene rings is 1. The second kappa shape index (κ2) is 21.5. The summed E-state index contributed by atoms with van der Waals surface area (Å²) in [6.45, 7) is 7.70. The summed E-state index contributed by atoms with van der Waals surface area (Å²) in [6.07, 6.45) is 9.81. The van der Waals surface area contributed by atoms with Crippen LogP contribution in [0, 0.1) is 0 Å². The van der Waals surface area contributed by atoms with Gasteiger partial charge in [-0.15, -0.1) is 0 Å². The van der Waals surface area contributed by atoms with Gasteiger partial charge < -0.3 is 31.2 Å². The fourth-order valence-electron chi connectivity index (χ4n) is 3.45. The summed E-state index contributed by atoms with van der Waals surface area (Å²) in [5, 5.41) is 29.9. The molecule has 43 heavy (non-hydrogen) atoms. The second-order valence-electron chi connectivity index (χ2n) is 9.41. The Labute approximate surface area is 254 Å². The SMILES string of the molecule is C=CC=C.CNC(CO)(CO)CO.N/C(=C\N(N)c1ccc(CC=O)cc1)CN(Cc1ccccn1)Cc1ccccn1. The van der Waals surface area contributed by atoms with Crippen LogP contribution in [0.1, 0.15) is 17.0 Å². The van der Waals surface area contributed by atoms with Gasteiger partial charge in [0, 0.05) is 50.3 Å². The molecule has 0 bridgehead atoms. The van der Waals surface area contributed by atoms with Crippen molar-refractivity contribution in [2.75, 3.05) is 38.4 Å². The average Bonchev–Trinajstić information content (AvgIpc) is 3.04. The molecular weight excluding hydrogens is 546 g/mol. The lowest BCUT2D eigenvalue weighted by molar-refractivity contribution is -0.107. The van der Waals surface area contributed by atoms with E-state index in [0.717, 1.165) is 28.9 Å². The lowest BCUT2D eigenvalue weighted by Crippen LogP contribution is -2.52. The monoisotopic (exact) mass is 591 g/mol. The molecule has 0 atom stereocenters. The summed E-state index contributed by atoms with van der Waals surface area (Å²) >= 11 is 0. The van der Waals surface area contributed by atoms with Gasteiger partial charge in [0.25, 0.3) is 0 Å². The largest absolute Gasteiger partial charge is 0.400 e. The first-order valence-corrected chi connectivity index (χ1v) is 13.6. The molecule has 3 aromatic rings. The number of nitrogens with one attached hydrogen (secondary N) is 1. The first-order chi connectivity index (χ1) is 20.8. The summed E-state index contributed by atoms with van der Waals surface area (Å²) < 4.78 is 0. The number of carbonyl (C=O) groups is 1. The van der Waals surface area contributed by atoms with Crippen molar-refractivity contribution < 1.29 is 20.1 Å². The van der Waals surface area contributed by atoms with Crippen LogP contribution >= 0.6 is 0 Å². The van der Waals surface area contributed by atoms with Crippen LogP contribution in [-0.4, -0.2) is 75.4 Å². The number of nitrogens with two attached hydrogens (primary N) is 2. The Morgan fingerprint density at radius 3 is 1.77 bits per heavy atom. The van der Waals surface area contributed by atoms with Crippen molar-refractivity contribution in [1.82, 2.24) is 20.2 Å². The Bertz CT molecular complexity index is 1140.